The molecule has 4 nitrogen and oxygen atoms in total. The molecule has 25 heavy (non-hydrogen) atoms. The third-order valence-electron chi connectivity index (χ3n) is 4.34. The highest BCUT2D eigenvalue weighted by atomic mass is 32.1. The number of piperazine rings is 1. The van der Waals surface area contributed by atoms with Crippen LogP contribution in [0.4, 0.5) is 24.0 Å². The van der Waals surface area contributed by atoms with E-state index in [4.69, 9.17) is 5.26 Å². The molecule has 0 radical (unpaired) electrons. The van der Waals surface area contributed by atoms with E-state index in [9.17, 15) is 13.2 Å². The average molecular weight is 366 g/mol. The minimum Gasteiger partial charge on any atom is -0.367 e. The van der Waals surface area contributed by atoms with Crippen molar-refractivity contribution in [3.63, 3.8) is 0 Å². The SMILES string of the molecule is Cc1nc(N2CCN(c3ccc(C#N)cc3C(F)(F)F)CC2)sc1C. The van der Waals surface area contributed by atoms with Crippen molar-refractivity contribution in [1.29, 1.82) is 5.26 Å². The molecule has 2 heterocycles. The van der Waals surface area contributed by atoms with Crippen molar-refractivity contribution >= 4 is 22.2 Å². The third kappa shape index (κ3) is 3.56. The first kappa shape index (κ1) is 17.5. The lowest BCUT2D eigenvalue weighted by Gasteiger charge is -2.37. The second-order valence-corrected chi connectivity index (χ2v) is 7.14. The largest absolute Gasteiger partial charge is 0.418 e. The highest BCUT2D eigenvalue weighted by Crippen LogP contribution is 2.38. The Morgan fingerprint density at radius 3 is 2.28 bits per heavy atom. The summed E-state index contributed by atoms with van der Waals surface area (Å²) in [6.45, 7) is 6.16. The van der Waals surface area contributed by atoms with Crippen LogP contribution in [0, 0.1) is 25.2 Å². The van der Waals surface area contributed by atoms with Crippen molar-refractivity contribution in [2.45, 2.75) is 20.0 Å². The normalized spacial score (nSPS) is 15.4. The van der Waals surface area contributed by atoms with Crippen LogP contribution in [-0.2, 0) is 6.18 Å². The number of alkyl halides is 3. The monoisotopic (exact) mass is 366 g/mol. The smallest absolute Gasteiger partial charge is 0.367 e. The summed E-state index contributed by atoms with van der Waals surface area (Å²) in [5.41, 5.74) is 0.399. The molecule has 1 aromatic heterocycles. The minimum absolute atomic E-state index is 0.0171. The Morgan fingerprint density at radius 2 is 1.76 bits per heavy atom. The molecular weight excluding hydrogens is 349 g/mol. The standard InChI is InChI=1S/C17H17F3N4S/c1-11-12(2)25-16(22-11)24-7-5-23(6-8-24)15-4-3-13(10-21)9-14(15)17(18,19)20/h3-4,9H,5-8H2,1-2H3. The van der Waals surface area contributed by atoms with Crippen LogP contribution in [0.15, 0.2) is 18.2 Å². The Hall–Kier alpha value is -2.27. The predicted octanol–water partition coefficient (Wildman–Crippen LogP) is 3.98. The molecule has 0 aliphatic carbocycles. The van der Waals surface area contributed by atoms with Gasteiger partial charge >= 0.3 is 6.18 Å². The van der Waals surface area contributed by atoms with Gasteiger partial charge in [-0.1, -0.05) is 0 Å². The molecule has 3 rings (SSSR count). The second-order valence-electron chi connectivity index (χ2n) is 5.95. The fourth-order valence-corrected chi connectivity index (χ4v) is 3.80. The lowest BCUT2D eigenvalue weighted by Crippen LogP contribution is -2.47. The summed E-state index contributed by atoms with van der Waals surface area (Å²) in [6.07, 6.45) is -4.48. The Balaban J connectivity index is 1.80. The Labute approximate surface area is 148 Å². The number of nitriles is 1. The van der Waals surface area contributed by atoms with Gasteiger partial charge in [0.05, 0.1) is 22.9 Å². The molecule has 0 saturated carbocycles. The topological polar surface area (TPSA) is 43.2 Å². The first-order valence-electron chi connectivity index (χ1n) is 7.85. The van der Waals surface area contributed by atoms with Gasteiger partial charge in [-0.25, -0.2) is 4.98 Å². The van der Waals surface area contributed by atoms with Gasteiger partial charge in [0.15, 0.2) is 5.13 Å². The van der Waals surface area contributed by atoms with Gasteiger partial charge in [-0.3, -0.25) is 0 Å². The van der Waals surface area contributed by atoms with Crippen LogP contribution in [0.25, 0.3) is 0 Å². The summed E-state index contributed by atoms with van der Waals surface area (Å²) in [5.74, 6) is 0. The van der Waals surface area contributed by atoms with Crippen molar-refractivity contribution in [3.8, 4) is 6.07 Å². The summed E-state index contributed by atoms with van der Waals surface area (Å²) in [7, 11) is 0. The third-order valence-corrected chi connectivity index (χ3v) is 5.47. The number of thiazole rings is 1. The summed E-state index contributed by atoms with van der Waals surface area (Å²) in [4.78, 5) is 9.52. The molecule has 0 bridgehead atoms. The average Bonchev–Trinajstić information content (AvgIpc) is 2.93. The van der Waals surface area contributed by atoms with Gasteiger partial charge in [0.25, 0.3) is 0 Å². The molecule has 0 N–H and O–H groups in total. The molecule has 1 aromatic carbocycles. The van der Waals surface area contributed by atoms with Crippen molar-refractivity contribution in [2.75, 3.05) is 36.0 Å². The fraction of sp³-hybridized carbons (Fsp3) is 0.412. The van der Waals surface area contributed by atoms with E-state index in [0.29, 0.717) is 26.2 Å². The van der Waals surface area contributed by atoms with E-state index in [1.807, 2.05) is 13.8 Å². The van der Waals surface area contributed by atoms with Crippen molar-refractivity contribution < 1.29 is 13.2 Å². The van der Waals surface area contributed by atoms with Crippen LogP contribution < -0.4 is 9.80 Å². The molecule has 0 atom stereocenters. The number of nitrogens with zero attached hydrogens (tertiary/aromatic N) is 4. The van der Waals surface area contributed by atoms with Crippen LogP contribution in [0.5, 0.6) is 0 Å². The molecule has 1 aliphatic rings. The predicted molar refractivity (Wildman–Crippen MR) is 92.2 cm³/mol. The molecule has 1 fully saturated rings. The van der Waals surface area contributed by atoms with Gasteiger partial charge < -0.3 is 9.80 Å². The number of hydrogen-bond acceptors (Lipinski definition) is 5. The van der Waals surface area contributed by atoms with Crippen LogP contribution in [0.3, 0.4) is 0 Å². The van der Waals surface area contributed by atoms with Gasteiger partial charge in [-0.15, -0.1) is 11.3 Å². The zero-order chi connectivity index (χ0) is 18.2. The van der Waals surface area contributed by atoms with Gasteiger partial charge in [0.1, 0.15) is 0 Å². The van der Waals surface area contributed by atoms with E-state index >= 15 is 0 Å². The molecule has 1 saturated heterocycles. The maximum Gasteiger partial charge on any atom is 0.418 e. The van der Waals surface area contributed by atoms with Crippen molar-refractivity contribution in [1.82, 2.24) is 4.98 Å². The first-order valence-corrected chi connectivity index (χ1v) is 8.66. The minimum atomic E-state index is -4.48. The van der Waals surface area contributed by atoms with Gasteiger partial charge in [-0.05, 0) is 32.0 Å². The quantitative estimate of drug-likeness (QED) is 0.806. The number of benzene rings is 1. The Bertz CT molecular complexity index is 795. The number of aryl methyl sites for hydroxylation is 2. The van der Waals surface area contributed by atoms with Gasteiger partial charge in [0, 0.05) is 36.7 Å². The Kier molecular flexibility index (Phi) is 4.60. The highest BCUT2D eigenvalue weighted by Gasteiger charge is 2.36. The van der Waals surface area contributed by atoms with Crippen LogP contribution in [-0.4, -0.2) is 31.2 Å². The molecule has 0 amide bonds. The number of aromatic nitrogens is 1. The summed E-state index contributed by atoms with van der Waals surface area (Å²) in [5, 5.41) is 9.79. The van der Waals surface area contributed by atoms with E-state index in [0.717, 1.165) is 21.8 Å². The van der Waals surface area contributed by atoms with E-state index in [1.165, 1.54) is 12.1 Å². The summed E-state index contributed by atoms with van der Waals surface area (Å²) >= 11 is 1.61. The van der Waals surface area contributed by atoms with E-state index in [2.05, 4.69) is 9.88 Å². The fourth-order valence-electron chi connectivity index (χ4n) is 2.84. The lowest BCUT2D eigenvalue weighted by atomic mass is 10.1. The van der Waals surface area contributed by atoms with E-state index in [1.54, 1.807) is 22.3 Å². The summed E-state index contributed by atoms with van der Waals surface area (Å²) in [6, 6.07) is 5.53. The molecular formula is C17H17F3N4S. The number of hydrogen-bond donors (Lipinski definition) is 0. The first-order chi connectivity index (χ1) is 11.8. The lowest BCUT2D eigenvalue weighted by molar-refractivity contribution is -0.137. The number of anilines is 2. The summed E-state index contributed by atoms with van der Waals surface area (Å²) < 4.78 is 40.1. The Morgan fingerprint density at radius 1 is 1.12 bits per heavy atom. The molecule has 132 valence electrons. The van der Waals surface area contributed by atoms with E-state index in [-0.39, 0.29) is 11.3 Å². The molecule has 0 spiro atoms. The van der Waals surface area contributed by atoms with Crippen LogP contribution in [0.2, 0.25) is 0 Å². The van der Waals surface area contributed by atoms with E-state index < -0.39 is 11.7 Å². The highest BCUT2D eigenvalue weighted by molar-refractivity contribution is 7.15. The molecule has 8 heteroatoms. The van der Waals surface area contributed by atoms with Crippen LogP contribution in [0.1, 0.15) is 21.7 Å². The van der Waals surface area contributed by atoms with Crippen molar-refractivity contribution in [3.05, 3.63) is 39.9 Å². The molecule has 2 aromatic rings. The number of rotatable bonds is 2. The second kappa shape index (κ2) is 6.56. The zero-order valence-corrected chi connectivity index (χ0v) is 14.7. The van der Waals surface area contributed by atoms with Crippen molar-refractivity contribution in [2.24, 2.45) is 0 Å². The molecule has 0 unspecified atom stereocenters. The number of halogens is 3. The maximum atomic E-state index is 13.4. The zero-order valence-electron chi connectivity index (χ0n) is 13.9. The van der Waals surface area contributed by atoms with Gasteiger partial charge in [-0.2, -0.15) is 18.4 Å². The maximum absolute atomic E-state index is 13.4. The molecule has 1 aliphatic heterocycles. The van der Waals surface area contributed by atoms with Crippen LogP contribution >= 0.6 is 11.3 Å². The van der Waals surface area contributed by atoms with Gasteiger partial charge in [0.2, 0.25) is 0 Å².